The number of Topliss-reactive ketones (excluding diaryl/α,β-unsaturated/α-hetero) is 1. The number of carbonyl (C=O) groups is 1. The highest BCUT2D eigenvalue weighted by Gasteiger charge is 2.28. The van der Waals surface area contributed by atoms with Gasteiger partial charge in [-0.3, -0.25) is 20.0 Å². The lowest BCUT2D eigenvalue weighted by molar-refractivity contribution is 0.0935. The number of hydrogen-bond acceptors (Lipinski definition) is 5. The van der Waals surface area contributed by atoms with Crippen molar-refractivity contribution in [3.05, 3.63) is 105 Å². The summed E-state index contributed by atoms with van der Waals surface area (Å²) in [5.74, 6) is 0.255. The Morgan fingerprint density at radius 1 is 1.05 bits per heavy atom. The van der Waals surface area contributed by atoms with Crippen LogP contribution in [0.1, 0.15) is 46.4 Å². The van der Waals surface area contributed by atoms with Crippen molar-refractivity contribution in [1.29, 1.82) is 0 Å². The largest absolute Gasteiger partial charge is 0.398 e. The van der Waals surface area contributed by atoms with Gasteiger partial charge < -0.3 is 5.73 Å². The maximum atomic E-state index is 12.9. The first-order valence-corrected chi connectivity index (χ1v) is 13.3. The standard InChI is InChI=1S/C30H30Cl2N4O/c1-19(21-11-12-24(31)25(32)16-21)15-29(34-17-28(37)20-7-3-2-4-8-20)36-14-13-27-23(18-36)30(33)22-9-5-6-10-26(22)35-27/h2-12,16,19,29,34H,13-15,17-18H2,1H3,(H2,33,35). The zero-order valence-corrected chi connectivity index (χ0v) is 22.3. The average Bonchev–Trinajstić information content (AvgIpc) is 2.92. The lowest BCUT2D eigenvalue weighted by Gasteiger charge is -2.37. The van der Waals surface area contributed by atoms with Gasteiger partial charge in [0.15, 0.2) is 5.78 Å². The van der Waals surface area contributed by atoms with Crippen molar-refractivity contribution in [3.8, 4) is 0 Å². The van der Waals surface area contributed by atoms with Crippen LogP contribution in [0, 0.1) is 0 Å². The predicted octanol–water partition coefficient (Wildman–Crippen LogP) is 6.47. The molecule has 0 spiro atoms. The minimum atomic E-state index is -0.0452. The van der Waals surface area contributed by atoms with Gasteiger partial charge in [-0.05, 0) is 36.1 Å². The number of rotatable bonds is 8. The average molecular weight is 534 g/mol. The zero-order valence-electron chi connectivity index (χ0n) is 20.8. The third-order valence-electron chi connectivity index (χ3n) is 7.24. The number of carbonyl (C=O) groups excluding carboxylic acids is 1. The summed E-state index contributed by atoms with van der Waals surface area (Å²) < 4.78 is 0. The van der Waals surface area contributed by atoms with E-state index in [2.05, 4.69) is 17.1 Å². The van der Waals surface area contributed by atoms with E-state index < -0.39 is 0 Å². The molecule has 0 amide bonds. The van der Waals surface area contributed by atoms with E-state index in [1.807, 2.05) is 72.8 Å². The fraction of sp³-hybridized carbons (Fsp3) is 0.267. The molecule has 1 aliphatic heterocycles. The molecule has 37 heavy (non-hydrogen) atoms. The minimum absolute atomic E-state index is 0.0452. The van der Waals surface area contributed by atoms with E-state index in [1.165, 1.54) is 0 Å². The van der Waals surface area contributed by atoms with E-state index in [9.17, 15) is 4.79 Å². The number of hydrogen-bond donors (Lipinski definition) is 2. The molecule has 5 nitrogen and oxygen atoms in total. The number of ketones is 1. The van der Waals surface area contributed by atoms with Crippen LogP contribution in [-0.2, 0) is 13.0 Å². The third kappa shape index (κ3) is 5.65. The maximum Gasteiger partial charge on any atom is 0.176 e. The zero-order chi connectivity index (χ0) is 25.9. The fourth-order valence-corrected chi connectivity index (χ4v) is 5.41. The lowest BCUT2D eigenvalue weighted by atomic mass is 9.94. The SMILES string of the molecule is CC(CC(NCC(=O)c1ccccc1)N1CCc2nc3ccccc3c(N)c2C1)c1ccc(Cl)c(Cl)c1. The summed E-state index contributed by atoms with van der Waals surface area (Å²) in [7, 11) is 0. The summed E-state index contributed by atoms with van der Waals surface area (Å²) in [6.45, 7) is 3.92. The monoisotopic (exact) mass is 532 g/mol. The van der Waals surface area contributed by atoms with Crippen molar-refractivity contribution >= 4 is 45.6 Å². The first-order valence-electron chi connectivity index (χ1n) is 12.6. The molecule has 1 aliphatic rings. The topological polar surface area (TPSA) is 71.2 Å². The molecule has 0 saturated heterocycles. The highest BCUT2D eigenvalue weighted by molar-refractivity contribution is 6.42. The second-order valence-corrected chi connectivity index (χ2v) is 10.5. The van der Waals surface area contributed by atoms with Crippen LogP contribution in [0.2, 0.25) is 10.0 Å². The number of benzene rings is 3. The highest BCUT2D eigenvalue weighted by Crippen LogP contribution is 2.33. The van der Waals surface area contributed by atoms with Crippen LogP contribution in [0.4, 0.5) is 5.69 Å². The van der Waals surface area contributed by atoms with Crippen LogP contribution in [-0.4, -0.2) is 34.9 Å². The molecule has 0 bridgehead atoms. The molecule has 2 unspecified atom stereocenters. The Morgan fingerprint density at radius 3 is 2.59 bits per heavy atom. The molecular weight excluding hydrogens is 503 g/mol. The smallest absolute Gasteiger partial charge is 0.176 e. The number of anilines is 1. The van der Waals surface area contributed by atoms with Crippen LogP contribution < -0.4 is 11.1 Å². The quantitative estimate of drug-likeness (QED) is 0.254. The predicted molar refractivity (Wildman–Crippen MR) is 152 cm³/mol. The molecule has 2 atom stereocenters. The molecular formula is C30H30Cl2N4O. The molecule has 190 valence electrons. The summed E-state index contributed by atoms with van der Waals surface area (Å²) in [6, 6.07) is 23.2. The van der Waals surface area contributed by atoms with E-state index in [-0.39, 0.29) is 24.4 Å². The molecule has 4 aromatic rings. The minimum Gasteiger partial charge on any atom is -0.398 e. The Labute approximate surface area is 227 Å². The summed E-state index contributed by atoms with van der Waals surface area (Å²) >= 11 is 12.5. The first kappa shape index (κ1) is 25.7. The number of pyridine rings is 1. The normalized spacial score (nSPS) is 15.3. The molecule has 0 saturated carbocycles. The molecule has 2 heterocycles. The molecule has 3 N–H and O–H groups in total. The van der Waals surface area contributed by atoms with Gasteiger partial charge in [-0.2, -0.15) is 0 Å². The van der Waals surface area contributed by atoms with E-state index in [4.69, 9.17) is 33.9 Å². The van der Waals surface area contributed by atoms with Crippen molar-refractivity contribution < 1.29 is 4.79 Å². The van der Waals surface area contributed by atoms with Gasteiger partial charge in [-0.15, -0.1) is 0 Å². The van der Waals surface area contributed by atoms with Gasteiger partial charge in [0.1, 0.15) is 0 Å². The van der Waals surface area contributed by atoms with Gasteiger partial charge in [0.05, 0.1) is 28.3 Å². The van der Waals surface area contributed by atoms with Crippen molar-refractivity contribution in [2.24, 2.45) is 0 Å². The van der Waals surface area contributed by atoms with Gasteiger partial charge in [0.25, 0.3) is 0 Å². The molecule has 1 aromatic heterocycles. The van der Waals surface area contributed by atoms with Crippen LogP contribution in [0.15, 0.2) is 72.8 Å². The summed E-state index contributed by atoms with van der Waals surface area (Å²) in [5.41, 5.74) is 12.3. The van der Waals surface area contributed by atoms with Gasteiger partial charge >= 0.3 is 0 Å². The van der Waals surface area contributed by atoms with E-state index in [0.29, 0.717) is 22.2 Å². The Morgan fingerprint density at radius 2 is 1.81 bits per heavy atom. The van der Waals surface area contributed by atoms with Gasteiger partial charge in [-0.1, -0.05) is 84.7 Å². The molecule has 3 aromatic carbocycles. The highest BCUT2D eigenvalue weighted by atomic mass is 35.5. The van der Waals surface area contributed by atoms with Crippen LogP contribution in [0.5, 0.6) is 0 Å². The van der Waals surface area contributed by atoms with Crippen molar-refractivity contribution in [1.82, 2.24) is 15.2 Å². The Bertz CT molecular complexity index is 1430. The number of nitrogens with zero attached hydrogens (tertiary/aromatic N) is 2. The second kappa shape index (κ2) is 11.2. The molecule has 0 aliphatic carbocycles. The number of nitrogens with two attached hydrogens (primary N) is 1. The first-order chi connectivity index (χ1) is 17.9. The van der Waals surface area contributed by atoms with E-state index in [1.54, 1.807) is 0 Å². The van der Waals surface area contributed by atoms with E-state index >= 15 is 0 Å². The lowest BCUT2D eigenvalue weighted by Crippen LogP contribution is -2.50. The second-order valence-electron chi connectivity index (χ2n) is 9.68. The number of nitrogens with one attached hydrogen (secondary N) is 1. The maximum absolute atomic E-state index is 12.9. The molecule has 7 heteroatoms. The van der Waals surface area contributed by atoms with Crippen LogP contribution in [0.3, 0.4) is 0 Å². The summed E-state index contributed by atoms with van der Waals surface area (Å²) in [6.07, 6.45) is 1.54. The summed E-state index contributed by atoms with van der Waals surface area (Å²) in [4.78, 5) is 20.2. The van der Waals surface area contributed by atoms with E-state index in [0.717, 1.165) is 52.8 Å². The fourth-order valence-electron chi connectivity index (χ4n) is 5.10. The number of fused-ring (bicyclic) bond motifs is 2. The Hall–Kier alpha value is -2.96. The van der Waals surface area contributed by atoms with Crippen molar-refractivity contribution in [3.63, 3.8) is 0 Å². The van der Waals surface area contributed by atoms with Crippen molar-refractivity contribution in [2.75, 3.05) is 18.8 Å². The van der Waals surface area contributed by atoms with Crippen molar-refractivity contribution in [2.45, 2.75) is 38.4 Å². The van der Waals surface area contributed by atoms with Gasteiger partial charge in [0, 0.05) is 47.4 Å². The molecule has 5 rings (SSSR count). The summed E-state index contributed by atoms with van der Waals surface area (Å²) in [5, 5.41) is 5.63. The van der Waals surface area contributed by atoms with Gasteiger partial charge in [-0.25, -0.2) is 0 Å². The number of para-hydroxylation sites is 1. The molecule has 0 radical (unpaired) electrons. The van der Waals surface area contributed by atoms with Crippen LogP contribution >= 0.6 is 23.2 Å². The van der Waals surface area contributed by atoms with Crippen LogP contribution in [0.25, 0.3) is 10.9 Å². The Balaban J connectivity index is 1.40. The number of aromatic nitrogens is 1. The third-order valence-corrected chi connectivity index (χ3v) is 7.98. The Kier molecular flexibility index (Phi) is 7.77. The number of halogens is 2. The van der Waals surface area contributed by atoms with Gasteiger partial charge in [0.2, 0.25) is 0 Å². The molecule has 0 fully saturated rings. The number of nitrogen functional groups attached to an aromatic ring is 1.